The van der Waals surface area contributed by atoms with Gasteiger partial charge in [-0.3, -0.25) is 0 Å². The number of rotatable bonds is 7. The van der Waals surface area contributed by atoms with Gasteiger partial charge in [0.15, 0.2) is 0 Å². The van der Waals surface area contributed by atoms with Gasteiger partial charge < -0.3 is 0 Å². The average molecular weight is 403 g/mol. The van der Waals surface area contributed by atoms with Crippen molar-refractivity contribution in [1.82, 2.24) is 0 Å². The Labute approximate surface area is 185 Å². The van der Waals surface area contributed by atoms with Crippen molar-refractivity contribution >= 4 is 0 Å². The zero-order valence-electron chi connectivity index (χ0n) is 19.4. The van der Waals surface area contributed by atoms with Crippen molar-refractivity contribution < 1.29 is 0 Å². The summed E-state index contributed by atoms with van der Waals surface area (Å²) < 4.78 is 0. The molecule has 0 aromatic heterocycles. The Morgan fingerprint density at radius 3 is 1.93 bits per heavy atom. The van der Waals surface area contributed by atoms with E-state index in [1.165, 1.54) is 75.3 Å². The van der Waals surface area contributed by atoms with Gasteiger partial charge in [-0.25, -0.2) is 0 Å². The molecule has 2 aromatic rings. The average Bonchev–Trinajstić information content (AvgIpc) is 2.81. The Morgan fingerprint density at radius 2 is 1.33 bits per heavy atom. The van der Waals surface area contributed by atoms with E-state index in [2.05, 4.69) is 68.4 Å². The summed E-state index contributed by atoms with van der Waals surface area (Å²) in [5.74, 6) is 4.50. The summed E-state index contributed by atoms with van der Waals surface area (Å²) in [6.45, 7) is 4.70. The topological polar surface area (TPSA) is 0 Å². The van der Waals surface area contributed by atoms with Gasteiger partial charge >= 0.3 is 0 Å². The van der Waals surface area contributed by atoms with Crippen LogP contribution in [0.3, 0.4) is 0 Å². The summed E-state index contributed by atoms with van der Waals surface area (Å²) in [4.78, 5) is 0. The lowest BCUT2D eigenvalue weighted by atomic mass is 9.68. The normalized spacial score (nSPS) is 28.2. The van der Waals surface area contributed by atoms with Gasteiger partial charge in [-0.2, -0.15) is 0 Å². The molecular weight excluding hydrogens is 360 g/mol. The van der Waals surface area contributed by atoms with Crippen molar-refractivity contribution in [1.29, 1.82) is 0 Å². The van der Waals surface area contributed by atoms with E-state index in [1.807, 2.05) is 0 Å². The lowest BCUT2D eigenvalue weighted by Crippen LogP contribution is -2.25. The third-order valence-electron chi connectivity index (χ3n) is 8.39. The predicted molar refractivity (Wildman–Crippen MR) is 130 cm³/mol. The fraction of sp³-hybridized carbons (Fsp3) is 0.600. The first kappa shape index (κ1) is 21.7. The third-order valence-corrected chi connectivity index (χ3v) is 8.39. The van der Waals surface area contributed by atoms with Crippen LogP contribution >= 0.6 is 0 Å². The van der Waals surface area contributed by atoms with Crippen LogP contribution in [0.15, 0.2) is 54.6 Å². The Morgan fingerprint density at radius 1 is 0.733 bits per heavy atom. The number of hydrogen-bond acceptors (Lipinski definition) is 0. The summed E-state index contributed by atoms with van der Waals surface area (Å²) in [7, 11) is 0. The molecule has 0 nitrogen and oxygen atoms in total. The molecule has 1 unspecified atom stereocenters. The van der Waals surface area contributed by atoms with Gasteiger partial charge in [-0.05, 0) is 91.2 Å². The summed E-state index contributed by atoms with van der Waals surface area (Å²) >= 11 is 0. The van der Waals surface area contributed by atoms with Crippen LogP contribution < -0.4 is 0 Å². The van der Waals surface area contributed by atoms with E-state index in [0.29, 0.717) is 5.92 Å². The van der Waals surface area contributed by atoms with E-state index >= 15 is 0 Å². The molecule has 2 aliphatic rings. The molecule has 0 N–H and O–H groups in total. The van der Waals surface area contributed by atoms with Gasteiger partial charge in [-0.1, -0.05) is 94.1 Å². The lowest BCUT2D eigenvalue weighted by molar-refractivity contribution is 0.156. The molecule has 0 bridgehead atoms. The van der Waals surface area contributed by atoms with Crippen LogP contribution in [0.25, 0.3) is 0 Å². The molecule has 0 aliphatic heterocycles. The van der Waals surface area contributed by atoms with Crippen molar-refractivity contribution in [3.05, 3.63) is 71.3 Å². The first-order chi connectivity index (χ1) is 14.7. The molecule has 2 aliphatic carbocycles. The fourth-order valence-electron chi connectivity index (χ4n) is 6.46. The smallest absolute Gasteiger partial charge is 0.0150 e. The molecule has 0 heteroatoms. The van der Waals surface area contributed by atoms with Crippen LogP contribution in [-0.2, 0) is 6.42 Å². The summed E-state index contributed by atoms with van der Waals surface area (Å²) in [6.07, 6.45) is 15.8. The van der Waals surface area contributed by atoms with Crippen molar-refractivity contribution in [3.63, 3.8) is 0 Å². The van der Waals surface area contributed by atoms with Gasteiger partial charge in [0.2, 0.25) is 0 Å². The number of benzene rings is 2. The largest absolute Gasteiger partial charge is 0.0654 e. The molecular formula is C30H42. The highest BCUT2D eigenvalue weighted by atomic mass is 14.4. The molecule has 1 atom stereocenters. The van der Waals surface area contributed by atoms with Gasteiger partial charge in [-0.15, -0.1) is 0 Å². The maximum Gasteiger partial charge on any atom is -0.0150 e. The first-order valence-electron chi connectivity index (χ1n) is 12.9. The van der Waals surface area contributed by atoms with Crippen molar-refractivity contribution in [2.24, 2.45) is 17.8 Å². The molecule has 0 amide bonds. The Bertz CT molecular complexity index is 727. The van der Waals surface area contributed by atoms with Crippen LogP contribution in [0.4, 0.5) is 0 Å². The Balaban J connectivity index is 1.25. The minimum absolute atomic E-state index is 0.583. The molecule has 30 heavy (non-hydrogen) atoms. The second-order valence-corrected chi connectivity index (χ2v) is 10.4. The second-order valence-electron chi connectivity index (χ2n) is 10.4. The maximum atomic E-state index is 2.44. The van der Waals surface area contributed by atoms with E-state index in [0.717, 1.165) is 30.1 Å². The molecule has 2 fully saturated rings. The Hall–Kier alpha value is -1.56. The molecule has 0 radical (unpaired) electrons. The highest BCUT2D eigenvalue weighted by molar-refractivity contribution is 5.28. The van der Waals surface area contributed by atoms with E-state index in [9.17, 15) is 0 Å². The summed E-state index contributed by atoms with van der Waals surface area (Å²) in [5.41, 5.74) is 4.52. The minimum Gasteiger partial charge on any atom is -0.0654 e. The molecule has 4 rings (SSSR count). The Kier molecular flexibility index (Phi) is 7.69. The minimum atomic E-state index is 0.583. The molecule has 2 saturated carbocycles. The third kappa shape index (κ3) is 5.57. The molecule has 0 heterocycles. The first-order valence-corrected chi connectivity index (χ1v) is 12.9. The van der Waals surface area contributed by atoms with Gasteiger partial charge in [0, 0.05) is 0 Å². The van der Waals surface area contributed by atoms with Gasteiger partial charge in [0.25, 0.3) is 0 Å². The second kappa shape index (κ2) is 10.7. The predicted octanol–water partition coefficient (Wildman–Crippen LogP) is 8.91. The van der Waals surface area contributed by atoms with Crippen molar-refractivity contribution in [2.75, 3.05) is 0 Å². The van der Waals surface area contributed by atoms with E-state index in [1.54, 1.807) is 5.56 Å². The zero-order valence-corrected chi connectivity index (χ0v) is 19.4. The highest BCUT2D eigenvalue weighted by Crippen LogP contribution is 2.44. The van der Waals surface area contributed by atoms with Crippen molar-refractivity contribution in [2.45, 2.75) is 96.3 Å². The zero-order chi connectivity index (χ0) is 20.8. The quantitative estimate of drug-likeness (QED) is 0.433. The van der Waals surface area contributed by atoms with E-state index in [-0.39, 0.29) is 0 Å². The monoisotopic (exact) mass is 402 g/mol. The summed E-state index contributed by atoms with van der Waals surface area (Å²) in [6, 6.07) is 20.6. The SMILES string of the molecule is CCCC1CCC(C2CCC(c3ccc(CC(C)c4ccccc4)cc3)CC2)CC1. The van der Waals surface area contributed by atoms with E-state index < -0.39 is 0 Å². The van der Waals surface area contributed by atoms with Crippen molar-refractivity contribution in [3.8, 4) is 0 Å². The lowest BCUT2D eigenvalue weighted by Gasteiger charge is -2.38. The molecule has 0 saturated heterocycles. The van der Waals surface area contributed by atoms with Crippen LogP contribution in [0.1, 0.15) is 107 Å². The van der Waals surface area contributed by atoms with Crippen LogP contribution in [0, 0.1) is 17.8 Å². The molecule has 162 valence electrons. The molecule has 0 spiro atoms. The van der Waals surface area contributed by atoms with Gasteiger partial charge in [0.1, 0.15) is 0 Å². The van der Waals surface area contributed by atoms with Crippen LogP contribution in [0.5, 0.6) is 0 Å². The number of hydrogen-bond donors (Lipinski definition) is 0. The maximum absolute atomic E-state index is 2.44. The van der Waals surface area contributed by atoms with E-state index in [4.69, 9.17) is 0 Å². The van der Waals surface area contributed by atoms with Crippen LogP contribution in [-0.4, -0.2) is 0 Å². The highest BCUT2D eigenvalue weighted by Gasteiger charge is 2.31. The molecule has 2 aromatic carbocycles. The fourth-order valence-corrected chi connectivity index (χ4v) is 6.46. The van der Waals surface area contributed by atoms with Crippen LogP contribution in [0.2, 0.25) is 0 Å². The standard InChI is InChI=1S/C30H42/c1-3-7-24-10-14-27(15-11-24)29-18-20-30(21-19-29)28-16-12-25(13-17-28)22-23(2)26-8-5-4-6-9-26/h4-6,8-9,12-13,16-17,23-24,27,29-30H,3,7,10-11,14-15,18-22H2,1-2H3. The summed E-state index contributed by atoms with van der Waals surface area (Å²) in [5, 5.41) is 0. The van der Waals surface area contributed by atoms with Gasteiger partial charge in [0.05, 0.1) is 0 Å².